The average molecular weight is 239 g/mol. The van der Waals surface area contributed by atoms with E-state index in [0.29, 0.717) is 11.4 Å². The molecule has 0 spiro atoms. The number of ether oxygens (including phenoxy) is 1. The minimum absolute atomic E-state index is 0.0681. The van der Waals surface area contributed by atoms with Gasteiger partial charge in [-0.1, -0.05) is 23.7 Å². The lowest BCUT2D eigenvalue weighted by molar-refractivity contribution is -0.129. The first-order valence-electron chi connectivity index (χ1n) is 4.82. The second kappa shape index (κ2) is 3.79. The van der Waals surface area contributed by atoms with Crippen LogP contribution in [0, 0.1) is 0 Å². The molecule has 0 fully saturated rings. The van der Waals surface area contributed by atoms with Crippen molar-refractivity contribution in [2.24, 2.45) is 10.7 Å². The molecule has 0 aromatic heterocycles. The number of nitrogens with zero attached hydrogens (tertiary/aromatic N) is 1. The summed E-state index contributed by atoms with van der Waals surface area (Å²) in [6, 6.07) is 7.16. The number of nitrogens with two attached hydrogens (primary N) is 1. The molecule has 0 bridgehead atoms. The highest BCUT2D eigenvalue weighted by molar-refractivity contribution is 6.30. The Morgan fingerprint density at radius 1 is 1.44 bits per heavy atom. The summed E-state index contributed by atoms with van der Waals surface area (Å²) in [7, 11) is 0. The topological polar surface area (TPSA) is 64.7 Å². The van der Waals surface area contributed by atoms with E-state index in [9.17, 15) is 4.79 Å². The van der Waals surface area contributed by atoms with Gasteiger partial charge in [0.05, 0.1) is 0 Å². The van der Waals surface area contributed by atoms with Crippen molar-refractivity contribution >= 4 is 23.5 Å². The molecule has 2 rings (SSSR count). The van der Waals surface area contributed by atoms with Gasteiger partial charge < -0.3 is 10.5 Å². The molecule has 1 aliphatic heterocycles. The maximum Gasteiger partial charge on any atom is 0.294 e. The van der Waals surface area contributed by atoms with Crippen molar-refractivity contribution in [1.29, 1.82) is 0 Å². The van der Waals surface area contributed by atoms with Gasteiger partial charge in [-0.3, -0.25) is 4.79 Å². The van der Waals surface area contributed by atoms with Gasteiger partial charge in [-0.15, -0.1) is 0 Å². The SMILES string of the molecule is CC1(Cc2ccc(Cl)cc2)OC(N)=NC1=O. The molecule has 1 unspecified atom stereocenters. The second-order valence-electron chi connectivity index (χ2n) is 3.89. The molecular weight excluding hydrogens is 228 g/mol. The van der Waals surface area contributed by atoms with Crippen LogP contribution in [-0.2, 0) is 16.0 Å². The standard InChI is InChI=1S/C11H11ClN2O2/c1-11(9(15)14-10(13)16-11)6-7-2-4-8(12)5-3-7/h2-5H,6H2,1H3,(H2,13,14,15). The third-order valence-electron chi connectivity index (χ3n) is 2.45. The van der Waals surface area contributed by atoms with E-state index in [4.69, 9.17) is 22.1 Å². The first-order chi connectivity index (χ1) is 7.49. The summed E-state index contributed by atoms with van der Waals surface area (Å²) in [5, 5.41) is 0.656. The van der Waals surface area contributed by atoms with Gasteiger partial charge >= 0.3 is 0 Å². The number of rotatable bonds is 2. The van der Waals surface area contributed by atoms with Crippen molar-refractivity contribution in [2.75, 3.05) is 0 Å². The van der Waals surface area contributed by atoms with Crippen molar-refractivity contribution < 1.29 is 9.53 Å². The van der Waals surface area contributed by atoms with Crippen LogP contribution in [0.1, 0.15) is 12.5 Å². The number of carbonyl (C=O) groups excluding carboxylic acids is 1. The second-order valence-corrected chi connectivity index (χ2v) is 4.33. The van der Waals surface area contributed by atoms with Crippen molar-refractivity contribution in [3.63, 3.8) is 0 Å². The fourth-order valence-electron chi connectivity index (χ4n) is 1.62. The number of amidine groups is 1. The fourth-order valence-corrected chi connectivity index (χ4v) is 1.75. The smallest absolute Gasteiger partial charge is 0.294 e. The summed E-state index contributed by atoms with van der Waals surface area (Å²) in [6.45, 7) is 1.67. The normalized spacial score (nSPS) is 24.1. The van der Waals surface area contributed by atoms with Crippen LogP contribution in [0.5, 0.6) is 0 Å². The average Bonchev–Trinajstić information content (AvgIpc) is 2.44. The predicted molar refractivity (Wildman–Crippen MR) is 61.3 cm³/mol. The molecule has 0 radical (unpaired) electrons. The van der Waals surface area contributed by atoms with Gasteiger partial charge in [-0.2, -0.15) is 4.99 Å². The van der Waals surface area contributed by atoms with Crippen LogP contribution >= 0.6 is 11.6 Å². The van der Waals surface area contributed by atoms with E-state index in [2.05, 4.69) is 4.99 Å². The maximum atomic E-state index is 11.6. The van der Waals surface area contributed by atoms with Crippen LogP contribution in [0.15, 0.2) is 29.3 Å². The molecule has 0 aliphatic carbocycles. The number of amides is 1. The minimum Gasteiger partial charge on any atom is -0.448 e. The third kappa shape index (κ3) is 2.02. The lowest BCUT2D eigenvalue weighted by Gasteiger charge is -2.20. The van der Waals surface area contributed by atoms with Crippen LogP contribution < -0.4 is 5.73 Å². The zero-order valence-corrected chi connectivity index (χ0v) is 9.49. The molecule has 4 nitrogen and oxygen atoms in total. The monoisotopic (exact) mass is 238 g/mol. The summed E-state index contributed by atoms with van der Waals surface area (Å²) in [4.78, 5) is 15.1. The van der Waals surface area contributed by atoms with E-state index in [0.717, 1.165) is 5.56 Å². The Bertz CT molecular complexity index is 456. The molecular formula is C11H11ClN2O2. The Balaban J connectivity index is 2.16. The summed E-state index contributed by atoms with van der Waals surface area (Å²) < 4.78 is 5.24. The molecule has 0 saturated carbocycles. The molecule has 16 heavy (non-hydrogen) atoms. The Morgan fingerprint density at radius 2 is 2.06 bits per heavy atom. The zero-order chi connectivity index (χ0) is 11.8. The summed E-state index contributed by atoms with van der Waals surface area (Å²) in [6.07, 6.45) is 0.424. The molecule has 2 N–H and O–H groups in total. The number of benzene rings is 1. The van der Waals surface area contributed by atoms with Crippen molar-refractivity contribution in [2.45, 2.75) is 18.9 Å². The van der Waals surface area contributed by atoms with Gasteiger partial charge in [0.15, 0.2) is 5.60 Å². The van der Waals surface area contributed by atoms with Crippen molar-refractivity contribution in [3.05, 3.63) is 34.9 Å². The van der Waals surface area contributed by atoms with E-state index in [1.807, 2.05) is 12.1 Å². The molecule has 1 aromatic carbocycles. The van der Waals surface area contributed by atoms with E-state index in [1.165, 1.54) is 0 Å². The summed E-state index contributed by atoms with van der Waals surface area (Å²) in [5.74, 6) is -0.347. The van der Waals surface area contributed by atoms with Crippen LogP contribution in [0.2, 0.25) is 5.02 Å². The maximum absolute atomic E-state index is 11.6. The van der Waals surface area contributed by atoms with E-state index in [1.54, 1.807) is 19.1 Å². The Kier molecular flexibility index (Phi) is 2.59. The van der Waals surface area contributed by atoms with Crippen LogP contribution in [0.4, 0.5) is 0 Å². The van der Waals surface area contributed by atoms with Crippen LogP contribution in [0.25, 0.3) is 0 Å². The van der Waals surface area contributed by atoms with Crippen LogP contribution in [0.3, 0.4) is 0 Å². The van der Waals surface area contributed by atoms with Crippen LogP contribution in [-0.4, -0.2) is 17.5 Å². The van der Waals surface area contributed by atoms with E-state index in [-0.39, 0.29) is 11.9 Å². The largest absolute Gasteiger partial charge is 0.448 e. The Hall–Kier alpha value is -1.55. The summed E-state index contributed by atoms with van der Waals surface area (Å²) in [5.41, 5.74) is 5.33. The number of halogens is 1. The van der Waals surface area contributed by atoms with Gasteiger partial charge in [-0.05, 0) is 24.6 Å². The molecule has 1 atom stereocenters. The highest BCUT2D eigenvalue weighted by Crippen LogP contribution is 2.24. The van der Waals surface area contributed by atoms with Gasteiger partial charge in [0.1, 0.15) is 0 Å². The van der Waals surface area contributed by atoms with Crippen molar-refractivity contribution in [1.82, 2.24) is 0 Å². The number of carbonyl (C=O) groups is 1. The molecule has 1 aliphatic rings. The Labute approximate surface area is 98.1 Å². The van der Waals surface area contributed by atoms with Gasteiger partial charge in [0.2, 0.25) is 0 Å². The zero-order valence-electron chi connectivity index (χ0n) is 8.74. The molecule has 1 amide bonds. The van der Waals surface area contributed by atoms with E-state index >= 15 is 0 Å². The molecule has 84 valence electrons. The molecule has 5 heteroatoms. The fraction of sp³-hybridized carbons (Fsp3) is 0.273. The molecule has 1 heterocycles. The number of aliphatic imine (C=N–C) groups is 1. The van der Waals surface area contributed by atoms with Gasteiger partial charge in [-0.25, -0.2) is 0 Å². The highest BCUT2D eigenvalue weighted by atomic mass is 35.5. The van der Waals surface area contributed by atoms with E-state index < -0.39 is 5.60 Å². The quantitative estimate of drug-likeness (QED) is 0.850. The first kappa shape index (κ1) is 11.0. The minimum atomic E-state index is -0.988. The van der Waals surface area contributed by atoms with Gasteiger partial charge in [0.25, 0.3) is 11.9 Å². The first-order valence-corrected chi connectivity index (χ1v) is 5.19. The highest BCUT2D eigenvalue weighted by Gasteiger charge is 2.41. The number of hydrogen-bond donors (Lipinski definition) is 1. The molecule has 1 aromatic rings. The Morgan fingerprint density at radius 3 is 2.56 bits per heavy atom. The van der Waals surface area contributed by atoms with Crippen molar-refractivity contribution in [3.8, 4) is 0 Å². The molecule has 0 saturated heterocycles. The lowest BCUT2D eigenvalue weighted by Crippen LogP contribution is -2.37. The summed E-state index contributed by atoms with van der Waals surface area (Å²) >= 11 is 5.77. The van der Waals surface area contributed by atoms with Gasteiger partial charge in [0, 0.05) is 11.4 Å². The number of hydrogen-bond acceptors (Lipinski definition) is 3. The third-order valence-corrected chi connectivity index (χ3v) is 2.70. The lowest BCUT2D eigenvalue weighted by atomic mass is 9.96. The predicted octanol–water partition coefficient (Wildman–Crippen LogP) is 1.51.